The number of carbonyl (C=O) groups excluding carboxylic acids is 1. The molecule has 11 nitrogen and oxygen atoms in total. The van der Waals surface area contributed by atoms with Crippen LogP contribution in [0.15, 0.2) is 42.5 Å². The molecule has 0 radical (unpaired) electrons. The van der Waals surface area contributed by atoms with E-state index in [1.165, 1.54) is 0 Å². The second-order valence-electron chi connectivity index (χ2n) is 5.94. The molecule has 1 amide bonds. The molecule has 0 fully saturated rings. The maximum Gasteiger partial charge on any atom is 0.356 e. The molecule has 2 aromatic rings. The molecule has 2 rings (SSSR count). The molecule has 0 saturated carbocycles. The monoisotopic (exact) mass is 423 g/mol. The van der Waals surface area contributed by atoms with Gasteiger partial charge in [-0.3, -0.25) is 29.6 Å². The molecule has 0 bridgehead atoms. The zero-order valence-electron chi connectivity index (χ0n) is 15.7. The number of hydrogen-bond donors (Lipinski definition) is 1. The highest BCUT2D eigenvalue weighted by molar-refractivity contribution is 7.54. The largest absolute Gasteiger partial charge is 0.356 e. The molecule has 0 spiro atoms. The van der Waals surface area contributed by atoms with Gasteiger partial charge >= 0.3 is 7.60 Å². The lowest BCUT2D eigenvalue weighted by Crippen LogP contribution is -2.29. The summed E-state index contributed by atoms with van der Waals surface area (Å²) in [4.78, 5) is 33.1. The Morgan fingerprint density at radius 1 is 1.00 bits per heavy atom. The lowest BCUT2D eigenvalue weighted by molar-refractivity contribution is -0.394. The highest BCUT2D eigenvalue weighted by Gasteiger charge is 2.37. The van der Waals surface area contributed by atoms with E-state index in [0.29, 0.717) is 5.56 Å². The fourth-order valence-electron chi connectivity index (χ4n) is 2.52. The number of nitrogens with one attached hydrogen (secondary N) is 1. The number of rotatable bonds is 8. The average molecular weight is 423 g/mol. The minimum atomic E-state index is -3.86. The van der Waals surface area contributed by atoms with Gasteiger partial charge in [-0.05, 0) is 12.5 Å². The predicted molar refractivity (Wildman–Crippen MR) is 103 cm³/mol. The molecule has 0 unspecified atom stereocenters. The molecule has 29 heavy (non-hydrogen) atoms. The summed E-state index contributed by atoms with van der Waals surface area (Å²) in [5.41, 5.74) is -0.286. The van der Waals surface area contributed by atoms with Crippen LogP contribution in [0.25, 0.3) is 0 Å². The number of aryl methyl sites for hydroxylation is 1. The molecule has 2 aromatic carbocycles. The number of nitrogens with zero attached hydrogens (tertiary/aromatic N) is 2. The van der Waals surface area contributed by atoms with Gasteiger partial charge in [0.25, 0.3) is 17.3 Å². The van der Waals surface area contributed by atoms with E-state index in [1.807, 2.05) is 6.92 Å². The van der Waals surface area contributed by atoms with Crippen molar-refractivity contribution in [1.82, 2.24) is 5.32 Å². The average Bonchev–Trinajstić information content (AvgIpc) is 2.71. The second kappa shape index (κ2) is 8.91. The zero-order chi connectivity index (χ0) is 21.8. The quantitative estimate of drug-likeness (QED) is 0.383. The van der Waals surface area contributed by atoms with Crippen LogP contribution >= 0.6 is 7.60 Å². The van der Waals surface area contributed by atoms with Gasteiger partial charge in [-0.15, -0.1) is 0 Å². The normalized spacial score (nSPS) is 12.2. The summed E-state index contributed by atoms with van der Waals surface area (Å²) in [6.45, 7) is 1.84. The van der Waals surface area contributed by atoms with Crippen LogP contribution in [0, 0.1) is 27.2 Å². The summed E-state index contributed by atoms with van der Waals surface area (Å²) < 4.78 is 23.0. The van der Waals surface area contributed by atoms with Crippen molar-refractivity contribution >= 4 is 24.9 Å². The Kier molecular flexibility index (Phi) is 6.80. The summed E-state index contributed by atoms with van der Waals surface area (Å²) >= 11 is 0. The van der Waals surface area contributed by atoms with Crippen molar-refractivity contribution in [3.05, 3.63) is 79.4 Å². The smallest absolute Gasteiger partial charge is 0.334 e. The number of hydrogen-bond acceptors (Lipinski definition) is 8. The third kappa shape index (κ3) is 5.02. The number of carbonyl (C=O) groups is 1. The Hall–Kier alpha value is -3.14. The van der Waals surface area contributed by atoms with Crippen molar-refractivity contribution < 1.29 is 28.3 Å². The van der Waals surface area contributed by atoms with E-state index >= 15 is 0 Å². The summed E-state index contributed by atoms with van der Waals surface area (Å²) in [5.74, 6) is -2.17. The van der Waals surface area contributed by atoms with Gasteiger partial charge in [0.1, 0.15) is 0 Å². The molecule has 1 atom stereocenters. The van der Waals surface area contributed by atoms with Crippen molar-refractivity contribution in [3.63, 3.8) is 0 Å². The number of amides is 1. The van der Waals surface area contributed by atoms with Gasteiger partial charge in [-0.1, -0.05) is 29.8 Å². The van der Waals surface area contributed by atoms with Crippen molar-refractivity contribution in [1.29, 1.82) is 0 Å². The van der Waals surface area contributed by atoms with E-state index in [1.54, 1.807) is 24.3 Å². The van der Waals surface area contributed by atoms with Crippen LogP contribution in [0.4, 0.5) is 11.4 Å². The van der Waals surface area contributed by atoms with Crippen LogP contribution in [-0.4, -0.2) is 30.0 Å². The lowest BCUT2D eigenvalue weighted by Gasteiger charge is -2.25. The first-order valence-electron chi connectivity index (χ1n) is 8.13. The van der Waals surface area contributed by atoms with Crippen molar-refractivity contribution in [3.8, 4) is 0 Å². The minimum absolute atomic E-state index is 0.346. The Bertz CT molecular complexity index is 952. The third-order valence-electron chi connectivity index (χ3n) is 4.07. The molecule has 0 aromatic heterocycles. The van der Waals surface area contributed by atoms with Crippen LogP contribution in [0.3, 0.4) is 0 Å². The first-order chi connectivity index (χ1) is 13.6. The number of non-ortho nitro benzene ring substituents is 2. The molecule has 0 saturated heterocycles. The first kappa shape index (κ1) is 22.2. The Labute approximate surface area is 165 Å². The summed E-state index contributed by atoms with van der Waals surface area (Å²) in [6.07, 6.45) is 0. The Morgan fingerprint density at radius 3 is 1.90 bits per heavy atom. The predicted octanol–water partition coefficient (Wildman–Crippen LogP) is 3.73. The van der Waals surface area contributed by atoms with E-state index in [4.69, 9.17) is 9.05 Å². The van der Waals surface area contributed by atoms with Crippen LogP contribution in [0.1, 0.15) is 27.3 Å². The molecule has 0 aliphatic rings. The first-order valence-corrected chi connectivity index (χ1v) is 9.75. The van der Waals surface area contributed by atoms with Gasteiger partial charge in [-0.25, -0.2) is 0 Å². The molecular formula is C17H18N3O8P. The van der Waals surface area contributed by atoms with Gasteiger partial charge in [-0.2, -0.15) is 0 Å². The standard InChI is InChI=1S/C17H18N3O8P/c1-11-4-6-12(7-5-11)17(29(26,27-2)28-3)18-16(21)13-8-14(19(22)23)10-15(9-13)20(24)25/h4-10,17H,1-3H3,(H,18,21)/t17-/m1/s1. The van der Waals surface area contributed by atoms with Crippen LogP contribution in [-0.2, 0) is 13.6 Å². The number of nitro groups is 2. The molecule has 0 aliphatic heterocycles. The molecule has 154 valence electrons. The zero-order valence-corrected chi connectivity index (χ0v) is 16.6. The van der Waals surface area contributed by atoms with Crippen LogP contribution in [0.2, 0.25) is 0 Å². The fourth-order valence-corrected chi connectivity index (χ4v) is 3.91. The maximum absolute atomic E-state index is 13.0. The van der Waals surface area contributed by atoms with Crippen LogP contribution in [0.5, 0.6) is 0 Å². The lowest BCUT2D eigenvalue weighted by atomic mass is 10.1. The summed E-state index contributed by atoms with van der Waals surface area (Å²) in [6, 6.07) is 9.19. The van der Waals surface area contributed by atoms with Crippen molar-refractivity contribution in [2.75, 3.05) is 14.2 Å². The number of benzene rings is 2. The molecule has 1 N–H and O–H groups in total. The number of nitro benzene ring substituents is 2. The van der Waals surface area contributed by atoms with Crippen molar-refractivity contribution in [2.24, 2.45) is 0 Å². The molecule has 0 heterocycles. The second-order valence-corrected chi connectivity index (χ2v) is 8.27. The van der Waals surface area contributed by atoms with Crippen molar-refractivity contribution in [2.45, 2.75) is 12.7 Å². The van der Waals surface area contributed by atoms with E-state index in [9.17, 15) is 29.6 Å². The van der Waals surface area contributed by atoms with Gasteiger partial charge in [0, 0.05) is 26.4 Å². The van der Waals surface area contributed by atoms with Gasteiger partial charge in [0.2, 0.25) is 0 Å². The van der Waals surface area contributed by atoms with E-state index in [2.05, 4.69) is 5.32 Å². The van der Waals surface area contributed by atoms with Gasteiger partial charge in [0.05, 0.1) is 21.5 Å². The summed E-state index contributed by atoms with van der Waals surface area (Å²) in [7, 11) is -1.57. The highest BCUT2D eigenvalue weighted by atomic mass is 31.2. The molecule has 12 heteroatoms. The SMILES string of the molecule is COP(=O)(OC)[C@@H](NC(=O)c1cc([N+](=O)[O-])cc([N+](=O)[O-])c1)c1ccc(C)cc1. The fraction of sp³-hybridized carbons (Fsp3) is 0.235. The molecule has 0 aliphatic carbocycles. The molecular weight excluding hydrogens is 405 g/mol. The highest BCUT2D eigenvalue weighted by Crippen LogP contribution is 2.58. The third-order valence-corrected chi connectivity index (χ3v) is 6.15. The van der Waals surface area contributed by atoms with Gasteiger partial charge in [0.15, 0.2) is 5.78 Å². The van der Waals surface area contributed by atoms with E-state index in [-0.39, 0.29) is 5.56 Å². The minimum Gasteiger partial charge on any atom is -0.334 e. The van der Waals surface area contributed by atoms with Gasteiger partial charge < -0.3 is 14.4 Å². The Balaban J connectivity index is 2.49. The van der Waals surface area contributed by atoms with Crippen LogP contribution < -0.4 is 5.32 Å². The topological polar surface area (TPSA) is 151 Å². The maximum atomic E-state index is 13.0. The van der Waals surface area contributed by atoms with E-state index in [0.717, 1.165) is 38.0 Å². The summed E-state index contributed by atoms with van der Waals surface area (Å²) in [5, 5.41) is 24.5. The van der Waals surface area contributed by atoms with E-state index < -0.39 is 40.5 Å². The Morgan fingerprint density at radius 2 is 1.48 bits per heavy atom.